The van der Waals surface area contributed by atoms with Gasteiger partial charge in [0.25, 0.3) is 0 Å². The van der Waals surface area contributed by atoms with Crippen LogP contribution in [0.4, 0.5) is 0 Å². The van der Waals surface area contributed by atoms with Gasteiger partial charge in [-0.2, -0.15) is 11.8 Å². The molecule has 0 unspecified atom stereocenters. The number of carboxylic acid groups (broad SMARTS) is 1. The second-order valence-corrected chi connectivity index (χ2v) is 5.70. The number of carbonyl (C=O) groups is 1. The van der Waals surface area contributed by atoms with Crippen LogP contribution in [-0.2, 0) is 0 Å². The Bertz CT molecular complexity index is 588. The first-order valence-corrected chi connectivity index (χ1v) is 7.20. The van der Waals surface area contributed by atoms with Crippen molar-refractivity contribution in [1.29, 1.82) is 0 Å². The van der Waals surface area contributed by atoms with Crippen LogP contribution < -0.4 is 0 Å². The highest BCUT2D eigenvalue weighted by Gasteiger charge is 2.22. The second-order valence-electron chi connectivity index (χ2n) is 4.48. The molecule has 0 aliphatic carbocycles. The fraction of sp³-hybridized carbons (Fsp3) is 0.385. The monoisotopic (exact) mass is 262 g/mol. The Morgan fingerprint density at radius 3 is 2.89 bits per heavy atom. The lowest BCUT2D eigenvalue weighted by atomic mass is 10.0. The fourth-order valence-corrected chi connectivity index (χ4v) is 3.59. The van der Waals surface area contributed by atoms with E-state index >= 15 is 0 Å². The van der Waals surface area contributed by atoms with E-state index in [4.69, 9.17) is 0 Å². The third-order valence-corrected chi connectivity index (χ3v) is 4.43. The summed E-state index contributed by atoms with van der Waals surface area (Å²) >= 11 is 1.96. The molecule has 0 aromatic carbocycles. The van der Waals surface area contributed by atoms with Crippen LogP contribution in [0.3, 0.4) is 0 Å². The first kappa shape index (κ1) is 11.6. The Labute approximate surface area is 109 Å². The molecule has 0 radical (unpaired) electrons. The molecule has 3 rings (SSSR count). The molecular formula is C13H14N2O2S. The first-order valence-electron chi connectivity index (χ1n) is 6.05. The van der Waals surface area contributed by atoms with Crippen LogP contribution in [0.5, 0.6) is 0 Å². The van der Waals surface area contributed by atoms with Gasteiger partial charge in [-0.3, -0.25) is 4.40 Å². The van der Waals surface area contributed by atoms with Gasteiger partial charge in [-0.15, -0.1) is 0 Å². The summed E-state index contributed by atoms with van der Waals surface area (Å²) in [6.07, 6.45) is 3.93. The Balaban J connectivity index is 2.14. The summed E-state index contributed by atoms with van der Waals surface area (Å²) in [6.45, 7) is 0. The molecule has 4 nitrogen and oxygen atoms in total. The SMILES string of the molecule is O=C(O)c1cccc2cnc(C3CCSCC3)n12. The van der Waals surface area contributed by atoms with Crippen LogP contribution in [0.15, 0.2) is 24.4 Å². The molecule has 0 amide bonds. The number of hydrogen-bond donors (Lipinski definition) is 1. The maximum Gasteiger partial charge on any atom is 0.352 e. The van der Waals surface area contributed by atoms with Crippen LogP contribution in [0.2, 0.25) is 0 Å². The number of imidazole rings is 1. The summed E-state index contributed by atoms with van der Waals surface area (Å²) < 4.78 is 1.79. The average Bonchev–Trinajstić information content (AvgIpc) is 2.83. The van der Waals surface area contributed by atoms with Gasteiger partial charge >= 0.3 is 5.97 Å². The van der Waals surface area contributed by atoms with Crippen LogP contribution in [0.1, 0.15) is 35.1 Å². The van der Waals surface area contributed by atoms with E-state index in [1.807, 2.05) is 17.8 Å². The molecule has 3 heterocycles. The molecule has 1 aliphatic rings. The number of fused-ring (bicyclic) bond motifs is 1. The van der Waals surface area contributed by atoms with Crippen LogP contribution in [0, 0.1) is 0 Å². The largest absolute Gasteiger partial charge is 0.477 e. The smallest absolute Gasteiger partial charge is 0.352 e. The van der Waals surface area contributed by atoms with Crippen molar-refractivity contribution >= 4 is 23.2 Å². The summed E-state index contributed by atoms with van der Waals surface area (Å²) in [5, 5.41) is 9.27. The van der Waals surface area contributed by atoms with E-state index in [1.165, 1.54) is 0 Å². The Morgan fingerprint density at radius 2 is 2.17 bits per heavy atom. The van der Waals surface area contributed by atoms with E-state index in [1.54, 1.807) is 22.7 Å². The Kier molecular flexibility index (Phi) is 2.99. The summed E-state index contributed by atoms with van der Waals surface area (Å²) in [6, 6.07) is 5.31. The molecule has 1 saturated heterocycles. The van der Waals surface area contributed by atoms with Gasteiger partial charge in [0.1, 0.15) is 11.5 Å². The van der Waals surface area contributed by atoms with Crippen molar-refractivity contribution < 1.29 is 9.90 Å². The number of hydrogen-bond acceptors (Lipinski definition) is 3. The zero-order valence-electron chi connectivity index (χ0n) is 9.87. The number of thioether (sulfide) groups is 1. The summed E-state index contributed by atoms with van der Waals surface area (Å²) in [4.78, 5) is 15.7. The van der Waals surface area contributed by atoms with E-state index in [0.717, 1.165) is 35.7 Å². The number of carboxylic acids is 1. The minimum atomic E-state index is -0.898. The highest BCUT2D eigenvalue weighted by Crippen LogP contribution is 2.31. The van der Waals surface area contributed by atoms with E-state index in [-0.39, 0.29) is 0 Å². The van der Waals surface area contributed by atoms with Gasteiger partial charge in [0, 0.05) is 5.92 Å². The lowest BCUT2D eigenvalue weighted by Gasteiger charge is -2.20. The molecular weight excluding hydrogens is 248 g/mol. The van der Waals surface area contributed by atoms with Gasteiger partial charge < -0.3 is 5.11 Å². The molecule has 1 aliphatic heterocycles. The predicted octanol–water partition coefficient (Wildman–Crippen LogP) is 2.64. The number of nitrogens with zero attached hydrogens (tertiary/aromatic N) is 2. The van der Waals surface area contributed by atoms with Gasteiger partial charge in [-0.25, -0.2) is 9.78 Å². The van der Waals surface area contributed by atoms with Crippen molar-refractivity contribution in [3.8, 4) is 0 Å². The molecule has 5 heteroatoms. The number of rotatable bonds is 2. The van der Waals surface area contributed by atoms with Crippen LogP contribution in [0.25, 0.3) is 5.52 Å². The Morgan fingerprint density at radius 1 is 1.39 bits per heavy atom. The summed E-state index contributed by atoms with van der Waals surface area (Å²) in [7, 11) is 0. The van der Waals surface area contributed by atoms with E-state index in [9.17, 15) is 9.90 Å². The van der Waals surface area contributed by atoms with Crippen molar-refractivity contribution in [2.45, 2.75) is 18.8 Å². The highest BCUT2D eigenvalue weighted by molar-refractivity contribution is 7.99. The van der Waals surface area contributed by atoms with Crippen molar-refractivity contribution in [3.63, 3.8) is 0 Å². The van der Waals surface area contributed by atoms with E-state index in [0.29, 0.717) is 11.6 Å². The van der Waals surface area contributed by atoms with E-state index in [2.05, 4.69) is 4.98 Å². The third kappa shape index (κ3) is 1.88. The minimum Gasteiger partial charge on any atom is -0.477 e. The number of aromatic carboxylic acids is 1. The number of pyridine rings is 1. The zero-order chi connectivity index (χ0) is 12.5. The predicted molar refractivity (Wildman–Crippen MR) is 71.5 cm³/mol. The Hall–Kier alpha value is -1.49. The molecule has 2 aromatic rings. The van der Waals surface area contributed by atoms with Crippen molar-refractivity contribution in [2.24, 2.45) is 0 Å². The number of aromatic nitrogens is 2. The first-order chi connectivity index (χ1) is 8.77. The molecule has 18 heavy (non-hydrogen) atoms. The summed E-state index contributed by atoms with van der Waals surface area (Å²) in [5.41, 5.74) is 1.17. The van der Waals surface area contributed by atoms with Crippen molar-refractivity contribution in [3.05, 3.63) is 35.9 Å². The lowest BCUT2D eigenvalue weighted by molar-refractivity contribution is 0.0688. The van der Waals surface area contributed by atoms with Gasteiger partial charge in [-0.1, -0.05) is 6.07 Å². The lowest BCUT2D eigenvalue weighted by Crippen LogP contribution is -2.14. The standard InChI is InChI=1S/C13H14N2O2S/c16-13(17)11-3-1-2-10-8-14-12(15(10)11)9-4-6-18-7-5-9/h1-3,8-9H,4-7H2,(H,16,17). The third-order valence-electron chi connectivity index (χ3n) is 3.38. The van der Waals surface area contributed by atoms with Gasteiger partial charge in [0.05, 0.1) is 11.7 Å². The van der Waals surface area contributed by atoms with Gasteiger partial charge in [0.15, 0.2) is 0 Å². The second kappa shape index (κ2) is 4.65. The topological polar surface area (TPSA) is 54.6 Å². The van der Waals surface area contributed by atoms with Crippen molar-refractivity contribution in [1.82, 2.24) is 9.38 Å². The molecule has 1 fully saturated rings. The molecule has 2 aromatic heterocycles. The molecule has 94 valence electrons. The highest BCUT2D eigenvalue weighted by atomic mass is 32.2. The normalized spacial score (nSPS) is 17.1. The van der Waals surface area contributed by atoms with E-state index < -0.39 is 5.97 Å². The summed E-state index contributed by atoms with van der Waals surface area (Å²) in [5.74, 6) is 2.66. The molecule has 0 bridgehead atoms. The van der Waals surface area contributed by atoms with Gasteiger partial charge in [-0.05, 0) is 36.5 Å². The molecule has 0 spiro atoms. The molecule has 0 atom stereocenters. The maximum atomic E-state index is 11.3. The molecule has 0 saturated carbocycles. The zero-order valence-corrected chi connectivity index (χ0v) is 10.7. The van der Waals surface area contributed by atoms with Gasteiger partial charge in [0.2, 0.25) is 0 Å². The van der Waals surface area contributed by atoms with Crippen LogP contribution >= 0.6 is 11.8 Å². The maximum absolute atomic E-state index is 11.3. The molecule has 1 N–H and O–H groups in total. The average molecular weight is 262 g/mol. The fourth-order valence-electron chi connectivity index (χ4n) is 2.48. The van der Waals surface area contributed by atoms with Crippen LogP contribution in [-0.4, -0.2) is 32.0 Å². The minimum absolute atomic E-state index is 0.304. The van der Waals surface area contributed by atoms with Crippen molar-refractivity contribution in [2.75, 3.05) is 11.5 Å². The quantitative estimate of drug-likeness (QED) is 0.904.